The molecule has 2 heterocycles. The van der Waals surface area contributed by atoms with Crippen LogP contribution in [-0.4, -0.2) is 35.6 Å². The minimum Gasteiger partial charge on any atom is -0.439 e. The van der Waals surface area contributed by atoms with Gasteiger partial charge in [-0.1, -0.05) is 70.5 Å². The predicted molar refractivity (Wildman–Crippen MR) is 149 cm³/mol. The van der Waals surface area contributed by atoms with E-state index in [-0.39, 0.29) is 5.92 Å². The molecule has 1 aromatic heterocycles. The molecule has 180 valence electrons. The first kappa shape index (κ1) is 23.2. The number of aliphatic hydroxyl groups is 1. The summed E-state index contributed by atoms with van der Waals surface area (Å²) >= 11 is 3.60. The molecular weight excluding hydrogens is 512 g/mol. The molecule has 2 unspecified atom stereocenters. The molecule has 0 radical (unpaired) electrons. The molecule has 0 saturated carbocycles. The Kier molecular flexibility index (Phi) is 5.79. The van der Waals surface area contributed by atoms with E-state index >= 15 is 0 Å². The van der Waals surface area contributed by atoms with Crippen molar-refractivity contribution in [1.82, 2.24) is 9.88 Å². The van der Waals surface area contributed by atoms with Gasteiger partial charge < -0.3 is 14.7 Å². The number of benzene rings is 4. The lowest BCUT2D eigenvalue weighted by Gasteiger charge is -2.40. The van der Waals surface area contributed by atoms with Crippen LogP contribution in [0.1, 0.15) is 29.0 Å². The molecule has 4 aromatic carbocycles. The standard InChI is InChI=1S/C31H27BrN2O2/c1-34(2)15-14-31(35)27-19-24(17-21-10-6-7-11-25(21)27)36-30-26(29(31)20-8-4-3-5-9-20)18-22-16-23(32)12-13-28(22)33-30/h3-13,16-19,29,35H,14-15H2,1-2H3. The van der Waals surface area contributed by atoms with Gasteiger partial charge in [-0.25, -0.2) is 4.98 Å². The predicted octanol–water partition coefficient (Wildman–Crippen LogP) is 7.23. The smallest absolute Gasteiger partial charge is 0.223 e. The van der Waals surface area contributed by atoms with Crippen molar-refractivity contribution in [3.63, 3.8) is 0 Å². The summed E-state index contributed by atoms with van der Waals surface area (Å²) in [6.07, 6.45) is 0.545. The lowest BCUT2D eigenvalue weighted by atomic mass is 9.70. The Bertz CT molecular complexity index is 1580. The molecule has 2 atom stereocenters. The van der Waals surface area contributed by atoms with Crippen LogP contribution in [-0.2, 0) is 5.60 Å². The monoisotopic (exact) mass is 538 g/mol. The Hall–Kier alpha value is -3.25. The van der Waals surface area contributed by atoms with Crippen molar-refractivity contribution in [3.8, 4) is 11.6 Å². The molecule has 0 amide bonds. The van der Waals surface area contributed by atoms with Gasteiger partial charge in [0.15, 0.2) is 0 Å². The molecule has 0 saturated heterocycles. The molecule has 2 bridgehead atoms. The fraction of sp³-hybridized carbons (Fsp3) is 0.194. The first-order valence-corrected chi connectivity index (χ1v) is 12.9. The van der Waals surface area contributed by atoms with Crippen molar-refractivity contribution >= 4 is 37.6 Å². The Balaban J connectivity index is 1.72. The van der Waals surface area contributed by atoms with E-state index in [1.54, 1.807) is 0 Å². The number of halogens is 1. The molecular formula is C31H27BrN2O2. The lowest BCUT2D eigenvalue weighted by molar-refractivity contribution is 0.00440. The Morgan fingerprint density at radius 1 is 0.917 bits per heavy atom. The highest BCUT2D eigenvalue weighted by atomic mass is 79.9. The molecule has 1 aliphatic rings. The zero-order valence-corrected chi connectivity index (χ0v) is 21.9. The second-order valence-electron chi connectivity index (χ2n) is 9.84. The minimum absolute atomic E-state index is 0.386. The molecule has 0 spiro atoms. The van der Waals surface area contributed by atoms with Gasteiger partial charge in [-0.15, -0.1) is 0 Å². The van der Waals surface area contributed by atoms with Crippen LogP contribution in [0.5, 0.6) is 11.6 Å². The van der Waals surface area contributed by atoms with E-state index in [0.29, 0.717) is 18.1 Å². The number of hydrogen-bond acceptors (Lipinski definition) is 4. The lowest BCUT2D eigenvalue weighted by Crippen LogP contribution is -2.38. The van der Waals surface area contributed by atoms with E-state index in [1.165, 1.54) is 0 Å². The van der Waals surface area contributed by atoms with Gasteiger partial charge in [-0.2, -0.15) is 0 Å². The van der Waals surface area contributed by atoms with Crippen LogP contribution < -0.4 is 4.74 Å². The molecule has 6 rings (SSSR count). The number of nitrogens with zero attached hydrogens (tertiary/aromatic N) is 2. The number of ether oxygens (including phenoxy) is 1. The molecule has 0 aliphatic carbocycles. The SMILES string of the molecule is CN(C)CCC1(O)c2cc(cc3ccccc23)Oc2nc3ccc(Br)cc3cc2C1c1ccccc1. The Morgan fingerprint density at radius 2 is 1.69 bits per heavy atom. The van der Waals surface area contributed by atoms with Gasteiger partial charge in [0, 0.05) is 27.9 Å². The molecule has 1 aliphatic heterocycles. The quantitative estimate of drug-likeness (QED) is 0.262. The highest BCUT2D eigenvalue weighted by molar-refractivity contribution is 9.10. The molecule has 5 heteroatoms. The third-order valence-corrected chi connectivity index (χ3v) is 7.64. The molecule has 36 heavy (non-hydrogen) atoms. The normalized spacial score (nSPS) is 19.1. The number of fused-ring (bicyclic) bond motifs is 6. The summed E-state index contributed by atoms with van der Waals surface area (Å²) in [7, 11) is 4.09. The van der Waals surface area contributed by atoms with Crippen molar-refractivity contribution in [3.05, 3.63) is 112 Å². The van der Waals surface area contributed by atoms with Crippen molar-refractivity contribution < 1.29 is 9.84 Å². The second kappa shape index (κ2) is 9.00. The Labute approximate surface area is 219 Å². The molecule has 4 nitrogen and oxygen atoms in total. The third kappa shape index (κ3) is 3.97. The van der Waals surface area contributed by atoms with Crippen molar-refractivity contribution in [2.75, 3.05) is 20.6 Å². The maximum absolute atomic E-state index is 13.0. The summed E-state index contributed by atoms with van der Waals surface area (Å²) in [5.74, 6) is 0.829. The van der Waals surface area contributed by atoms with Crippen LogP contribution >= 0.6 is 15.9 Å². The third-order valence-electron chi connectivity index (χ3n) is 7.15. The number of rotatable bonds is 4. The highest BCUT2D eigenvalue weighted by Crippen LogP contribution is 2.52. The second-order valence-corrected chi connectivity index (χ2v) is 10.8. The fourth-order valence-electron chi connectivity index (χ4n) is 5.43. The van der Waals surface area contributed by atoms with Gasteiger partial charge in [0.05, 0.1) is 5.52 Å². The first-order valence-electron chi connectivity index (χ1n) is 12.2. The summed E-state index contributed by atoms with van der Waals surface area (Å²) in [6, 6.07) is 30.7. The zero-order chi connectivity index (χ0) is 24.9. The summed E-state index contributed by atoms with van der Waals surface area (Å²) in [5.41, 5.74) is 2.43. The average molecular weight is 539 g/mol. The molecule has 0 fully saturated rings. The topological polar surface area (TPSA) is 45.6 Å². The number of hydrogen-bond donors (Lipinski definition) is 1. The van der Waals surface area contributed by atoms with Gasteiger partial charge in [-0.3, -0.25) is 0 Å². The van der Waals surface area contributed by atoms with Gasteiger partial charge in [0.1, 0.15) is 11.4 Å². The highest BCUT2D eigenvalue weighted by Gasteiger charge is 2.44. The summed E-state index contributed by atoms with van der Waals surface area (Å²) in [6.45, 7) is 0.723. The zero-order valence-electron chi connectivity index (χ0n) is 20.3. The van der Waals surface area contributed by atoms with Gasteiger partial charge in [0.2, 0.25) is 5.88 Å². The Morgan fingerprint density at radius 3 is 2.50 bits per heavy atom. The summed E-state index contributed by atoms with van der Waals surface area (Å²) in [5, 5.41) is 16.0. The summed E-state index contributed by atoms with van der Waals surface area (Å²) < 4.78 is 7.50. The average Bonchev–Trinajstić information content (AvgIpc) is 2.87. The van der Waals surface area contributed by atoms with Gasteiger partial charge in [-0.05, 0) is 78.8 Å². The van der Waals surface area contributed by atoms with E-state index in [0.717, 1.165) is 49.4 Å². The van der Waals surface area contributed by atoms with Crippen LogP contribution in [0.25, 0.3) is 21.7 Å². The van der Waals surface area contributed by atoms with E-state index in [9.17, 15) is 5.11 Å². The number of pyridine rings is 1. The van der Waals surface area contributed by atoms with Crippen LogP contribution in [0.2, 0.25) is 0 Å². The summed E-state index contributed by atoms with van der Waals surface area (Å²) in [4.78, 5) is 7.09. The van der Waals surface area contributed by atoms with Crippen molar-refractivity contribution in [2.45, 2.75) is 17.9 Å². The first-order chi connectivity index (χ1) is 17.4. The van der Waals surface area contributed by atoms with Crippen LogP contribution in [0, 0.1) is 0 Å². The molecule has 1 N–H and O–H groups in total. The van der Waals surface area contributed by atoms with Gasteiger partial charge in [0.25, 0.3) is 0 Å². The van der Waals surface area contributed by atoms with E-state index < -0.39 is 5.60 Å². The van der Waals surface area contributed by atoms with Crippen LogP contribution in [0.15, 0.2) is 95.5 Å². The van der Waals surface area contributed by atoms with E-state index in [1.807, 2.05) is 68.7 Å². The van der Waals surface area contributed by atoms with Crippen LogP contribution in [0.4, 0.5) is 0 Å². The van der Waals surface area contributed by atoms with E-state index in [4.69, 9.17) is 9.72 Å². The van der Waals surface area contributed by atoms with Crippen molar-refractivity contribution in [1.29, 1.82) is 0 Å². The van der Waals surface area contributed by atoms with Crippen molar-refractivity contribution in [2.24, 2.45) is 0 Å². The van der Waals surface area contributed by atoms with Crippen LogP contribution in [0.3, 0.4) is 0 Å². The fourth-order valence-corrected chi connectivity index (χ4v) is 5.81. The molecule has 5 aromatic rings. The minimum atomic E-state index is -1.21. The maximum atomic E-state index is 13.0. The number of aromatic nitrogens is 1. The maximum Gasteiger partial charge on any atom is 0.223 e. The van der Waals surface area contributed by atoms with E-state index in [2.05, 4.69) is 57.2 Å². The largest absolute Gasteiger partial charge is 0.439 e. The van der Waals surface area contributed by atoms with Gasteiger partial charge >= 0.3 is 0 Å².